The van der Waals surface area contributed by atoms with E-state index in [-0.39, 0.29) is 29.7 Å². The first-order valence-corrected chi connectivity index (χ1v) is 9.79. The van der Waals surface area contributed by atoms with Crippen molar-refractivity contribution in [1.82, 2.24) is 29.7 Å². The molecule has 0 atom stereocenters. The lowest BCUT2D eigenvalue weighted by molar-refractivity contribution is -0.119. The van der Waals surface area contributed by atoms with Crippen LogP contribution in [0.4, 0.5) is 20.4 Å². The summed E-state index contributed by atoms with van der Waals surface area (Å²) in [5.74, 6) is -1.02. The van der Waals surface area contributed by atoms with Gasteiger partial charge in [-0.15, -0.1) is 0 Å². The maximum atomic E-state index is 14.3. The summed E-state index contributed by atoms with van der Waals surface area (Å²) in [6, 6.07) is 3.95. The molecule has 0 saturated heterocycles. The molecular formula is C21H18F2N8O. The number of aromatic nitrogens is 6. The first-order valence-electron chi connectivity index (χ1n) is 9.79. The van der Waals surface area contributed by atoms with Gasteiger partial charge in [0.1, 0.15) is 23.2 Å². The van der Waals surface area contributed by atoms with E-state index in [0.29, 0.717) is 33.9 Å². The molecule has 4 aromatic rings. The number of nitrogens with zero attached hydrogens (tertiary/aromatic N) is 6. The monoisotopic (exact) mass is 436 g/mol. The number of nitrogens with one attached hydrogen (secondary N) is 1. The molecule has 0 bridgehead atoms. The molecule has 0 saturated carbocycles. The third-order valence-electron chi connectivity index (χ3n) is 5.53. The second-order valence-corrected chi connectivity index (χ2v) is 8.11. The first-order chi connectivity index (χ1) is 15.2. The number of hydrogen-bond acceptors (Lipinski definition) is 7. The summed E-state index contributed by atoms with van der Waals surface area (Å²) in [7, 11) is 0. The van der Waals surface area contributed by atoms with E-state index in [1.807, 2.05) is 0 Å². The molecule has 11 heteroatoms. The molecule has 4 heterocycles. The highest BCUT2D eigenvalue weighted by molar-refractivity contribution is 6.06. The molecule has 1 amide bonds. The van der Waals surface area contributed by atoms with Crippen molar-refractivity contribution in [3.05, 3.63) is 53.0 Å². The van der Waals surface area contributed by atoms with E-state index in [2.05, 4.69) is 30.4 Å². The fourth-order valence-electron chi connectivity index (χ4n) is 3.82. The Morgan fingerprint density at radius 3 is 2.75 bits per heavy atom. The zero-order chi connectivity index (χ0) is 22.8. The van der Waals surface area contributed by atoms with Gasteiger partial charge >= 0.3 is 0 Å². The predicted octanol–water partition coefficient (Wildman–Crippen LogP) is 2.73. The van der Waals surface area contributed by atoms with Crippen molar-refractivity contribution < 1.29 is 13.6 Å². The molecule has 9 nitrogen and oxygen atoms in total. The van der Waals surface area contributed by atoms with Crippen LogP contribution < -0.4 is 11.1 Å². The fraction of sp³-hybridized carbons (Fsp3) is 0.238. The van der Waals surface area contributed by atoms with Crippen molar-refractivity contribution in [3.8, 4) is 11.5 Å². The van der Waals surface area contributed by atoms with E-state index in [1.54, 1.807) is 27.0 Å². The smallest absolute Gasteiger partial charge is 0.235 e. The number of benzene rings is 1. The van der Waals surface area contributed by atoms with E-state index < -0.39 is 17.0 Å². The van der Waals surface area contributed by atoms with E-state index in [9.17, 15) is 13.6 Å². The highest BCUT2D eigenvalue weighted by Crippen LogP contribution is 2.40. The molecule has 0 fully saturated rings. The summed E-state index contributed by atoms with van der Waals surface area (Å²) in [6.07, 6.45) is 1.56. The van der Waals surface area contributed by atoms with Crippen LogP contribution in [0.25, 0.3) is 22.6 Å². The van der Waals surface area contributed by atoms with Crippen molar-refractivity contribution in [1.29, 1.82) is 0 Å². The van der Waals surface area contributed by atoms with Gasteiger partial charge in [0.15, 0.2) is 23.1 Å². The molecule has 3 N–H and O–H groups in total. The van der Waals surface area contributed by atoms with Gasteiger partial charge in [-0.3, -0.25) is 4.79 Å². The average Bonchev–Trinajstić information content (AvgIpc) is 3.19. The fourth-order valence-corrected chi connectivity index (χ4v) is 3.82. The van der Waals surface area contributed by atoms with Gasteiger partial charge < -0.3 is 11.1 Å². The number of carbonyl (C=O) groups is 1. The van der Waals surface area contributed by atoms with Crippen LogP contribution >= 0.6 is 0 Å². The van der Waals surface area contributed by atoms with Crippen LogP contribution in [-0.2, 0) is 16.8 Å². The van der Waals surface area contributed by atoms with Crippen molar-refractivity contribution in [2.75, 3.05) is 11.1 Å². The molecular weight excluding hydrogens is 418 g/mol. The first kappa shape index (κ1) is 19.9. The summed E-state index contributed by atoms with van der Waals surface area (Å²) < 4.78 is 29.4. The van der Waals surface area contributed by atoms with Crippen LogP contribution in [0.3, 0.4) is 0 Å². The van der Waals surface area contributed by atoms with Gasteiger partial charge in [-0.05, 0) is 26.8 Å². The number of carbonyl (C=O) groups excluding carboxylic acids is 1. The zero-order valence-electron chi connectivity index (χ0n) is 17.4. The third kappa shape index (κ3) is 2.88. The lowest BCUT2D eigenvalue weighted by Gasteiger charge is -2.15. The highest BCUT2D eigenvalue weighted by atomic mass is 19.2. The van der Waals surface area contributed by atoms with Gasteiger partial charge in [0, 0.05) is 11.8 Å². The quantitative estimate of drug-likeness (QED) is 0.506. The van der Waals surface area contributed by atoms with Gasteiger partial charge in [-0.1, -0.05) is 12.1 Å². The summed E-state index contributed by atoms with van der Waals surface area (Å²) in [6.45, 7) is 5.12. The number of fused-ring (bicyclic) bond motifs is 2. The number of halogens is 2. The molecule has 32 heavy (non-hydrogen) atoms. The Bertz CT molecular complexity index is 1430. The Hall–Kier alpha value is -4.02. The second kappa shape index (κ2) is 6.74. The van der Waals surface area contributed by atoms with E-state index in [1.165, 1.54) is 16.8 Å². The van der Waals surface area contributed by atoms with Gasteiger partial charge in [-0.2, -0.15) is 5.10 Å². The maximum Gasteiger partial charge on any atom is 0.235 e. The minimum absolute atomic E-state index is 0.0687. The molecule has 1 aliphatic rings. The van der Waals surface area contributed by atoms with Gasteiger partial charge in [0.2, 0.25) is 5.91 Å². The molecule has 3 aromatic heterocycles. The Balaban J connectivity index is 1.68. The summed E-state index contributed by atoms with van der Waals surface area (Å²) >= 11 is 0. The topological polar surface area (TPSA) is 124 Å². The number of nitrogens with two attached hydrogens (primary N) is 1. The van der Waals surface area contributed by atoms with E-state index in [4.69, 9.17) is 5.73 Å². The normalized spacial score (nSPS) is 14.6. The van der Waals surface area contributed by atoms with Crippen molar-refractivity contribution >= 4 is 28.6 Å². The number of anilines is 2. The number of rotatable bonds is 3. The lowest BCUT2D eigenvalue weighted by atomic mass is 9.87. The summed E-state index contributed by atoms with van der Waals surface area (Å²) in [5, 5.41) is 7.76. The number of nitrogen functional groups attached to an aromatic ring is 1. The number of hydrogen-bond donors (Lipinski definition) is 2. The van der Waals surface area contributed by atoms with Crippen LogP contribution in [0.1, 0.15) is 30.8 Å². The molecule has 5 rings (SSSR count). The summed E-state index contributed by atoms with van der Waals surface area (Å²) in [4.78, 5) is 29.8. The Kier molecular flexibility index (Phi) is 4.19. The van der Waals surface area contributed by atoms with Crippen LogP contribution in [0.2, 0.25) is 0 Å². The minimum atomic E-state index is -0.952. The van der Waals surface area contributed by atoms with Gasteiger partial charge in [0.25, 0.3) is 0 Å². The lowest BCUT2D eigenvalue weighted by Crippen LogP contribution is -2.27. The molecule has 1 aromatic carbocycles. The standard InChI is InChI=1S/C21H18F2N8O/c1-9-25-7-11-15(18-27-16(24)13-17(28-18)29-20(32)21(13,2)3)30-31(19(11)26-9)8-10-5-4-6-12(22)14(10)23/h4-7H,8H2,1-3H3,(H3,24,27,28,29,32). The van der Waals surface area contributed by atoms with Gasteiger partial charge in [-0.25, -0.2) is 33.4 Å². The van der Waals surface area contributed by atoms with E-state index >= 15 is 0 Å². The van der Waals surface area contributed by atoms with Crippen molar-refractivity contribution in [2.24, 2.45) is 0 Å². The third-order valence-corrected chi connectivity index (χ3v) is 5.53. The molecule has 0 aliphatic carbocycles. The Morgan fingerprint density at radius 1 is 1.19 bits per heavy atom. The molecule has 0 unspecified atom stereocenters. The van der Waals surface area contributed by atoms with Crippen molar-refractivity contribution in [2.45, 2.75) is 32.7 Å². The number of aryl methyl sites for hydroxylation is 1. The highest BCUT2D eigenvalue weighted by Gasteiger charge is 2.42. The Morgan fingerprint density at radius 2 is 1.97 bits per heavy atom. The van der Waals surface area contributed by atoms with Crippen LogP contribution in [0.15, 0.2) is 24.4 Å². The predicted molar refractivity (Wildman–Crippen MR) is 113 cm³/mol. The zero-order valence-corrected chi connectivity index (χ0v) is 17.4. The largest absolute Gasteiger partial charge is 0.383 e. The molecule has 0 radical (unpaired) electrons. The Labute approximate surface area is 180 Å². The number of amides is 1. The van der Waals surface area contributed by atoms with Crippen LogP contribution in [0, 0.1) is 18.6 Å². The van der Waals surface area contributed by atoms with Crippen LogP contribution in [0.5, 0.6) is 0 Å². The summed E-state index contributed by atoms with van der Waals surface area (Å²) in [5.41, 5.74) is 6.66. The van der Waals surface area contributed by atoms with Crippen molar-refractivity contribution in [3.63, 3.8) is 0 Å². The minimum Gasteiger partial charge on any atom is -0.383 e. The molecule has 0 spiro atoms. The SMILES string of the molecule is Cc1ncc2c(-c3nc(N)c4c(n3)NC(=O)C4(C)C)nn(Cc3cccc(F)c3F)c2n1. The van der Waals surface area contributed by atoms with Gasteiger partial charge in [0.05, 0.1) is 22.9 Å². The average molecular weight is 436 g/mol. The van der Waals surface area contributed by atoms with E-state index in [0.717, 1.165) is 6.07 Å². The maximum absolute atomic E-state index is 14.3. The molecule has 1 aliphatic heterocycles. The molecule has 162 valence electrons. The van der Waals surface area contributed by atoms with Crippen LogP contribution in [-0.4, -0.2) is 35.6 Å². The second-order valence-electron chi connectivity index (χ2n) is 8.11.